The number of imide groups is 1. The highest BCUT2D eigenvalue weighted by atomic mass is 32.2. The molecule has 0 N–H and O–H groups in total. The van der Waals surface area contributed by atoms with Crippen molar-refractivity contribution >= 4 is 23.6 Å². The average Bonchev–Trinajstić information content (AvgIpc) is 2.46. The molecule has 1 aromatic rings. The summed E-state index contributed by atoms with van der Waals surface area (Å²) in [6.07, 6.45) is 3.76. The Bertz CT molecular complexity index is 431. The Balaban J connectivity index is 1.57. The van der Waals surface area contributed by atoms with Crippen LogP contribution in [0.2, 0.25) is 0 Å². The number of benzene rings is 1. The Morgan fingerprint density at radius 1 is 1.00 bits per heavy atom. The Kier molecular flexibility index (Phi) is 6.12. The monoisotopic (exact) mass is 291 g/mol. The lowest BCUT2D eigenvalue weighted by Gasteiger charge is -2.24. The smallest absolute Gasteiger partial charge is 0.229 e. The molecule has 3 nitrogen and oxygen atoms in total. The number of carbonyl (C=O) groups excluding carboxylic acids is 2. The van der Waals surface area contributed by atoms with Crippen LogP contribution in [-0.2, 0) is 15.3 Å². The number of likely N-dealkylation sites (tertiary alicyclic amines) is 1. The van der Waals surface area contributed by atoms with Crippen molar-refractivity contribution in [2.24, 2.45) is 0 Å². The summed E-state index contributed by atoms with van der Waals surface area (Å²) in [5.74, 6) is 2.13. The summed E-state index contributed by atoms with van der Waals surface area (Å²) in [4.78, 5) is 24.7. The molecule has 0 aliphatic carbocycles. The fourth-order valence-electron chi connectivity index (χ4n) is 2.29. The van der Waals surface area contributed by atoms with Crippen molar-refractivity contribution in [3.8, 4) is 0 Å². The van der Waals surface area contributed by atoms with Crippen LogP contribution in [0.3, 0.4) is 0 Å². The highest BCUT2D eigenvalue weighted by Crippen LogP contribution is 2.15. The van der Waals surface area contributed by atoms with Crippen molar-refractivity contribution in [2.75, 3.05) is 12.3 Å². The van der Waals surface area contributed by atoms with Gasteiger partial charge >= 0.3 is 0 Å². The number of thioether (sulfide) groups is 1. The number of amides is 2. The molecule has 0 radical (unpaired) electrons. The number of carbonyl (C=O) groups is 2. The second-order valence-electron chi connectivity index (χ2n) is 5.04. The SMILES string of the molecule is O=C1CCCC(=O)N1CCCCSCc1ccccc1. The van der Waals surface area contributed by atoms with Crippen LogP contribution in [0.15, 0.2) is 30.3 Å². The molecule has 1 aliphatic heterocycles. The molecule has 1 saturated heterocycles. The molecule has 1 fully saturated rings. The predicted molar refractivity (Wildman–Crippen MR) is 82.4 cm³/mol. The van der Waals surface area contributed by atoms with Crippen molar-refractivity contribution in [3.05, 3.63) is 35.9 Å². The van der Waals surface area contributed by atoms with Crippen LogP contribution in [0.1, 0.15) is 37.7 Å². The fraction of sp³-hybridized carbons (Fsp3) is 0.500. The van der Waals surface area contributed by atoms with Gasteiger partial charge in [-0.05, 0) is 30.6 Å². The first-order valence-electron chi connectivity index (χ1n) is 7.22. The lowest BCUT2D eigenvalue weighted by Crippen LogP contribution is -2.40. The van der Waals surface area contributed by atoms with E-state index in [2.05, 4.69) is 24.3 Å². The van der Waals surface area contributed by atoms with Crippen molar-refractivity contribution in [1.29, 1.82) is 0 Å². The fourth-order valence-corrected chi connectivity index (χ4v) is 3.27. The molecule has 0 unspecified atom stereocenters. The summed E-state index contributed by atoms with van der Waals surface area (Å²) in [5, 5.41) is 0. The maximum Gasteiger partial charge on any atom is 0.229 e. The molecular formula is C16H21NO2S. The lowest BCUT2D eigenvalue weighted by molar-refractivity contribution is -0.147. The molecule has 0 spiro atoms. The zero-order chi connectivity index (χ0) is 14.2. The van der Waals surface area contributed by atoms with Crippen LogP contribution in [0.4, 0.5) is 0 Å². The minimum atomic E-state index is 0.0122. The molecule has 4 heteroatoms. The van der Waals surface area contributed by atoms with E-state index in [1.165, 1.54) is 10.5 Å². The van der Waals surface area contributed by atoms with Crippen LogP contribution < -0.4 is 0 Å². The minimum Gasteiger partial charge on any atom is -0.283 e. The van der Waals surface area contributed by atoms with Crippen molar-refractivity contribution in [2.45, 2.75) is 37.9 Å². The quantitative estimate of drug-likeness (QED) is 0.572. The molecule has 1 aromatic carbocycles. The summed E-state index contributed by atoms with van der Waals surface area (Å²) in [7, 11) is 0. The van der Waals surface area contributed by atoms with Crippen LogP contribution in [0, 0.1) is 0 Å². The van der Waals surface area contributed by atoms with Crippen molar-refractivity contribution < 1.29 is 9.59 Å². The van der Waals surface area contributed by atoms with E-state index in [0.29, 0.717) is 19.4 Å². The molecular weight excluding hydrogens is 270 g/mol. The van der Waals surface area contributed by atoms with E-state index in [9.17, 15) is 9.59 Å². The summed E-state index contributed by atoms with van der Waals surface area (Å²) in [6.45, 7) is 0.601. The van der Waals surface area contributed by atoms with Crippen LogP contribution in [0.5, 0.6) is 0 Å². The van der Waals surface area contributed by atoms with Crippen LogP contribution >= 0.6 is 11.8 Å². The van der Waals surface area contributed by atoms with E-state index < -0.39 is 0 Å². The van der Waals surface area contributed by atoms with Gasteiger partial charge in [-0.1, -0.05) is 30.3 Å². The summed E-state index contributed by atoms with van der Waals surface area (Å²) >= 11 is 1.91. The maximum absolute atomic E-state index is 11.6. The third kappa shape index (κ3) is 4.67. The molecule has 20 heavy (non-hydrogen) atoms. The maximum atomic E-state index is 11.6. The Labute approximate surface area is 124 Å². The van der Waals surface area contributed by atoms with Gasteiger partial charge in [0.1, 0.15) is 0 Å². The molecule has 0 atom stereocenters. The average molecular weight is 291 g/mol. The number of hydrogen-bond acceptors (Lipinski definition) is 3. The first kappa shape index (κ1) is 15.1. The predicted octanol–water partition coefficient (Wildman–Crippen LogP) is 3.24. The standard InChI is InChI=1S/C16H21NO2S/c18-15-9-6-10-16(19)17(15)11-4-5-12-20-13-14-7-2-1-3-8-14/h1-3,7-8H,4-6,9-13H2. The lowest BCUT2D eigenvalue weighted by atomic mass is 10.1. The van der Waals surface area contributed by atoms with Gasteiger partial charge in [0.25, 0.3) is 0 Å². The first-order valence-corrected chi connectivity index (χ1v) is 8.38. The molecule has 0 bridgehead atoms. The van der Waals surface area contributed by atoms with Gasteiger partial charge in [-0.25, -0.2) is 0 Å². The molecule has 0 saturated carbocycles. The van der Waals surface area contributed by atoms with Gasteiger partial charge in [0.05, 0.1) is 0 Å². The van der Waals surface area contributed by atoms with E-state index in [-0.39, 0.29) is 11.8 Å². The second-order valence-corrected chi connectivity index (χ2v) is 6.14. The topological polar surface area (TPSA) is 37.4 Å². The number of nitrogens with zero attached hydrogens (tertiary/aromatic N) is 1. The van der Waals surface area contributed by atoms with Crippen LogP contribution in [0.25, 0.3) is 0 Å². The normalized spacial score (nSPS) is 15.7. The number of hydrogen-bond donors (Lipinski definition) is 0. The zero-order valence-electron chi connectivity index (χ0n) is 11.7. The molecule has 1 aliphatic rings. The van der Waals surface area contributed by atoms with E-state index in [0.717, 1.165) is 30.8 Å². The number of unbranched alkanes of at least 4 members (excludes halogenated alkanes) is 1. The summed E-state index contributed by atoms with van der Waals surface area (Å²) < 4.78 is 0. The van der Waals surface area contributed by atoms with E-state index in [1.807, 2.05) is 17.8 Å². The number of rotatable bonds is 7. The largest absolute Gasteiger partial charge is 0.283 e. The first-order chi connectivity index (χ1) is 9.77. The van der Waals surface area contributed by atoms with Gasteiger partial charge in [-0.2, -0.15) is 11.8 Å². The van der Waals surface area contributed by atoms with Gasteiger partial charge in [-0.3, -0.25) is 14.5 Å². The van der Waals surface area contributed by atoms with Gasteiger partial charge < -0.3 is 0 Å². The highest BCUT2D eigenvalue weighted by molar-refractivity contribution is 7.98. The second kappa shape index (κ2) is 8.10. The van der Waals surface area contributed by atoms with Gasteiger partial charge in [0, 0.05) is 25.1 Å². The van der Waals surface area contributed by atoms with Gasteiger partial charge in [0.2, 0.25) is 11.8 Å². The Hall–Kier alpha value is -1.29. The third-order valence-electron chi connectivity index (χ3n) is 3.42. The van der Waals surface area contributed by atoms with E-state index in [4.69, 9.17) is 0 Å². The van der Waals surface area contributed by atoms with Crippen LogP contribution in [-0.4, -0.2) is 29.0 Å². The molecule has 2 rings (SSSR count). The Morgan fingerprint density at radius 2 is 1.70 bits per heavy atom. The molecule has 2 amide bonds. The highest BCUT2D eigenvalue weighted by Gasteiger charge is 2.24. The van der Waals surface area contributed by atoms with Gasteiger partial charge in [0.15, 0.2) is 0 Å². The summed E-state index contributed by atoms with van der Waals surface area (Å²) in [5.41, 5.74) is 1.35. The van der Waals surface area contributed by atoms with Crippen molar-refractivity contribution in [1.82, 2.24) is 4.90 Å². The summed E-state index contributed by atoms with van der Waals surface area (Å²) in [6, 6.07) is 10.4. The minimum absolute atomic E-state index is 0.0122. The zero-order valence-corrected chi connectivity index (χ0v) is 12.5. The number of piperidine rings is 1. The van der Waals surface area contributed by atoms with Gasteiger partial charge in [-0.15, -0.1) is 0 Å². The third-order valence-corrected chi connectivity index (χ3v) is 4.53. The molecule has 0 aromatic heterocycles. The molecule has 1 heterocycles. The Morgan fingerprint density at radius 3 is 2.40 bits per heavy atom. The van der Waals surface area contributed by atoms with E-state index >= 15 is 0 Å². The van der Waals surface area contributed by atoms with E-state index in [1.54, 1.807) is 0 Å². The molecule has 108 valence electrons. The van der Waals surface area contributed by atoms with Crippen molar-refractivity contribution in [3.63, 3.8) is 0 Å².